The van der Waals surface area contributed by atoms with Gasteiger partial charge in [-0.15, -0.1) is 11.6 Å². The molecule has 1 nitrogen and oxygen atoms in total. The van der Waals surface area contributed by atoms with Crippen LogP contribution in [0.3, 0.4) is 0 Å². The molecule has 0 aromatic carbocycles. The van der Waals surface area contributed by atoms with Crippen LogP contribution in [0.5, 0.6) is 0 Å². The third-order valence-corrected chi connectivity index (χ3v) is 0.280. The Kier molecular flexibility index (Phi) is 1.55. The predicted octanol–water partition coefficient (Wildman–Crippen LogP) is 1.14. The monoisotopic (exact) mass is 91.0 g/mol. The minimum absolute atomic E-state index is 0.260. The lowest BCUT2D eigenvalue weighted by molar-refractivity contribution is 1.23. The van der Waals surface area contributed by atoms with Crippen LogP contribution in [-0.4, -0.2) is 5.88 Å². The predicted molar refractivity (Wildman–Crippen MR) is 20.9 cm³/mol. The molecule has 0 aliphatic heterocycles. The average Bonchev–Trinajstić information content (AvgIpc) is 1.68. The minimum Gasteiger partial charge on any atom is -0.198 e. The maximum Gasteiger partial charge on any atom is 0.0634 e. The number of rotatable bonds is 1. The zero-order valence-corrected chi connectivity index (χ0v) is 3.29. The second-order valence-electron chi connectivity index (χ2n) is 0.422. The molecular weight excluding hydrogens is 85.5 g/mol. The van der Waals surface area contributed by atoms with E-state index in [1.165, 1.54) is 6.07 Å². The molecule has 2 heteroatoms. The highest BCUT2D eigenvalue weighted by Gasteiger charge is 1.67. The van der Waals surface area contributed by atoms with E-state index in [0.717, 1.165) is 0 Å². The van der Waals surface area contributed by atoms with E-state index < -0.39 is 6.37 Å². The molecule has 0 radical (unpaired) electrons. The summed E-state index contributed by atoms with van der Waals surface area (Å²) in [5, 5.41) is 7.88. The van der Waals surface area contributed by atoms with E-state index in [0.29, 0.717) is 0 Å². The topological polar surface area (TPSA) is 23.8 Å². The third-order valence-electron chi connectivity index (χ3n) is 0.146. The van der Waals surface area contributed by atoms with E-state index in [2.05, 4.69) is 0 Å². The number of alkyl halides is 1. The van der Waals surface area contributed by atoms with Crippen LogP contribution in [0, 0.1) is 11.3 Å². The summed E-state index contributed by atoms with van der Waals surface area (Å²) < 4.78 is 13.2. The molecule has 0 bridgehead atoms. The molecule has 5 heavy (non-hydrogen) atoms. The first kappa shape index (κ1) is 2.04. The molecule has 0 atom stereocenters. The van der Waals surface area contributed by atoms with Gasteiger partial charge in [-0.05, 0) is 0 Å². The van der Waals surface area contributed by atoms with Crippen LogP contribution in [0.15, 0.2) is 0 Å². The summed E-state index contributed by atoms with van der Waals surface area (Å²) in [4.78, 5) is 0. The van der Waals surface area contributed by atoms with Gasteiger partial charge in [0, 0.05) is 15.0 Å². The minimum atomic E-state index is -1.85. The highest BCUT2D eigenvalue weighted by atomic mass is 35.5. The van der Waals surface area contributed by atoms with Crippen molar-refractivity contribution in [2.75, 3.05) is 5.88 Å². The van der Waals surface area contributed by atoms with Crippen molar-refractivity contribution in [1.82, 2.24) is 0 Å². The molecule has 28 valence electrons. The van der Waals surface area contributed by atoms with Crippen LogP contribution in [0.25, 0.3) is 0 Å². The van der Waals surface area contributed by atoms with Crippen LogP contribution in [-0.2, 0) is 0 Å². The van der Waals surface area contributed by atoms with Crippen molar-refractivity contribution < 1.29 is 2.74 Å². The van der Waals surface area contributed by atoms with Gasteiger partial charge in [0.15, 0.2) is 0 Å². The SMILES string of the molecule is [2H]C([2H])(C#N)CCl. The standard InChI is InChI=1S/C3H4ClN/c4-2-1-3-5/h1-2H2/i1D2. The highest BCUT2D eigenvalue weighted by molar-refractivity contribution is 6.17. The van der Waals surface area contributed by atoms with Gasteiger partial charge in [-0.2, -0.15) is 5.26 Å². The summed E-state index contributed by atoms with van der Waals surface area (Å²) in [6.45, 7) is 0. The summed E-state index contributed by atoms with van der Waals surface area (Å²) in [6.07, 6.45) is -1.85. The highest BCUT2D eigenvalue weighted by Crippen LogP contribution is 1.76. The fourth-order valence-corrected chi connectivity index (χ4v) is 0.0896. The Hall–Kier alpha value is -0.220. The van der Waals surface area contributed by atoms with Crippen LogP contribution in [0.1, 0.15) is 9.11 Å². The maximum atomic E-state index is 7.88. The van der Waals surface area contributed by atoms with Crippen molar-refractivity contribution in [3.8, 4) is 6.07 Å². The summed E-state index contributed by atoms with van der Waals surface area (Å²) in [5.41, 5.74) is 0. The Morgan fingerprint density at radius 1 is 2.20 bits per heavy atom. The first-order valence-corrected chi connectivity index (χ1v) is 1.63. The molecule has 0 fully saturated rings. The van der Waals surface area contributed by atoms with Crippen LogP contribution >= 0.6 is 11.6 Å². The van der Waals surface area contributed by atoms with E-state index >= 15 is 0 Å². The Labute approximate surface area is 39.0 Å². The molecule has 0 amide bonds. The van der Waals surface area contributed by atoms with Gasteiger partial charge in [0.05, 0.1) is 6.07 Å². The van der Waals surface area contributed by atoms with Crippen molar-refractivity contribution in [1.29, 1.82) is 5.26 Å². The molecule has 0 aromatic heterocycles. The fraction of sp³-hybridized carbons (Fsp3) is 0.667. The normalized spacial score (nSPS) is 15.2. The van der Waals surface area contributed by atoms with Crippen molar-refractivity contribution in [3.63, 3.8) is 0 Å². The van der Waals surface area contributed by atoms with Gasteiger partial charge >= 0.3 is 0 Å². The van der Waals surface area contributed by atoms with Crippen molar-refractivity contribution in [2.24, 2.45) is 0 Å². The van der Waals surface area contributed by atoms with Gasteiger partial charge < -0.3 is 0 Å². The molecule has 0 aromatic rings. The number of nitriles is 1. The van der Waals surface area contributed by atoms with E-state index in [1.54, 1.807) is 0 Å². The smallest absolute Gasteiger partial charge is 0.0634 e. The Morgan fingerprint density at radius 2 is 2.80 bits per heavy atom. The first-order valence-electron chi connectivity index (χ1n) is 2.09. The van der Waals surface area contributed by atoms with Gasteiger partial charge in [-0.1, -0.05) is 0 Å². The molecule has 0 unspecified atom stereocenters. The Balaban J connectivity index is 3.66. The van der Waals surface area contributed by atoms with Crippen LogP contribution < -0.4 is 0 Å². The summed E-state index contributed by atoms with van der Waals surface area (Å²) in [6, 6.07) is 1.39. The zero-order valence-electron chi connectivity index (χ0n) is 4.53. The lowest BCUT2D eigenvalue weighted by atomic mass is 10.6. The molecule has 0 saturated carbocycles. The van der Waals surface area contributed by atoms with E-state index in [9.17, 15) is 0 Å². The second-order valence-corrected chi connectivity index (χ2v) is 0.689. The van der Waals surface area contributed by atoms with Gasteiger partial charge in [-0.25, -0.2) is 0 Å². The number of halogens is 1. The molecule has 0 rings (SSSR count). The summed E-state index contributed by atoms with van der Waals surface area (Å²) in [7, 11) is 0. The molecule has 0 heterocycles. The van der Waals surface area contributed by atoms with Crippen molar-refractivity contribution >= 4 is 11.6 Å². The molecule has 0 aliphatic carbocycles. The number of hydrogen-bond acceptors (Lipinski definition) is 1. The van der Waals surface area contributed by atoms with Gasteiger partial charge in [0.2, 0.25) is 0 Å². The zero-order chi connectivity index (χ0) is 5.91. The first-order chi connectivity index (χ1) is 3.12. The lowest BCUT2D eigenvalue weighted by Crippen LogP contribution is -1.60. The Morgan fingerprint density at radius 3 is 2.80 bits per heavy atom. The third kappa shape index (κ3) is 3.78. The molecule has 0 saturated heterocycles. The van der Waals surface area contributed by atoms with Crippen LogP contribution in [0.4, 0.5) is 0 Å². The molecular formula is C3H4ClN. The summed E-state index contributed by atoms with van der Waals surface area (Å²) in [5.74, 6) is -0.260. The Bertz CT molecular complexity index is 95.6. The molecule has 0 N–H and O–H groups in total. The average molecular weight is 91.5 g/mol. The van der Waals surface area contributed by atoms with Crippen LogP contribution in [0.2, 0.25) is 0 Å². The van der Waals surface area contributed by atoms with Gasteiger partial charge in [-0.3, -0.25) is 0 Å². The van der Waals surface area contributed by atoms with E-state index in [-0.39, 0.29) is 5.88 Å². The second kappa shape index (κ2) is 3.78. The lowest BCUT2D eigenvalue weighted by Gasteiger charge is -1.63. The fourth-order valence-electron chi connectivity index (χ4n) is 0.0299. The van der Waals surface area contributed by atoms with Crippen molar-refractivity contribution in [3.05, 3.63) is 0 Å². The summed E-state index contributed by atoms with van der Waals surface area (Å²) >= 11 is 5.00. The van der Waals surface area contributed by atoms with Gasteiger partial charge in [0.25, 0.3) is 0 Å². The van der Waals surface area contributed by atoms with E-state index in [4.69, 9.17) is 19.6 Å². The quantitative estimate of drug-likeness (QED) is 0.444. The number of hydrogen-bond donors (Lipinski definition) is 0. The van der Waals surface area contributed by atoms with Crippen molar-refractivity contribution in [2.45, 2.75) is 6.37 Å². The van der Waals surface area contributed by atoms with E-state index in [1.807, 2.05) is 0 Å². The maximum absolute atomic E-state index is 7.88. The van der Waals surface area contributed by atoms with Gasteiger partial charge in [0.1, 0.15) is 0 Å². The number of nitrogens with zero attached hydrogens (tertiary/aromatic N) is 1. The largest absolute Gasteiger partial charge is 0.198 e. The molecule has 0 aliphatic rings. The molecule has 0 spiro atoms.